The average Bonchev–Trinajstić information content (AvgIpc) is 3.02. The number of aromatic nitrogens is 2. The van der Waals surface area contributed by atoms with Gasteiger partial charge in [0.05, 0.1) is 60.7 Å². The van der Waals surface area contributed by atoms with Crippen LogP contribution < -0.4 is 15.5 Å². The number of morpholine rings is 1. The van der Waals surface area contributed by atoms with Gasteiger partial charge in [0.15, 0.2) is 8.32 Å². The number of hydrogen-bond acceptors (Lipinski definition) is 8. The van der Waals surface area contributed by atoms with Gasteiger partial charge in [-0.1, -0.05) is 27.7 Å². The summed E-state index contributed by atoms with van der Waals surface area (Å²) in [4.78, 5) is 24.6. The van der Waals surface area contributed by atoms with Gasteiger partial charge in [-0.2, -0.15) is 0 Å². The third-order valence-corrected chi connectivity index (χ3v) is 14.3. The van der Waals surface area contributed by atoms with Gasteiger partial charge in [-0.05, 0) is 54.0 Å². The highest BCUT2D eigenvalue weighted by Crippen LogP contribution is 2.40. The first kappa shape index (κ1) is 36.6. The maximum atomic E-state index is 15.3. The topological polar surface area (TPSA) is 112 Å². The molecule has 0 spiro atoms. The summed E-state index contributed by atoms with van der Waals surface area (Å²) in [5.41, 5.74) is 1.33. The molecule has 3 aromatic rings. The molecule has 2 fully saturated rings. The Labute approximate surface area is 287 Å². The zero-order chi connectivity index (χ0) is 35.5. The lowest BCUT2D eigenvalue weighted by atomic mass is 9.92. The summed E-state index contributed by atoms with van der Waals surface area (Å²) >= 11 is 0. The number of nitrogens with one attached hydrogen (secondary N) is 2. The predicted octanol–water partition coefficient (Wildman–Crippen LogP) is 6.49. The minimum Gasteiger partial charge on any atom is -0.465 e. The first-order valence-corrected chi connectivity index (χ1v) is 19.6. The molecule has 1 amide bonds. The molecular formula is C35H47F3N6O4Si. The van der Waals surface area contributed by atoms with Crippen LogP contribution in [0.15, 0.2) is 42.7 Å². The van der Waals surface area contributed by atoms with Crippen LogP contribution >= 0.6 is 0 Å². The molecule has 0 aliphatic carbocycles. The molecule has 0 unspecified atom stereocenters. The fraction of sp³-hybridized carbons (Fsp3) is 0.514. The molecule has 0 saturated carbocycles. The Morgan fingerprint density at radius 1 is 1.08 bits per heavy atom. The van der Waals surface area contributed by atoms with Crippen LogP contribution in [0, 0.1) is 23.4 Å². The zero-order valence-electron chi connectivity index (χ0n) is 29.0. The van der Waals surface area contributed by atoms with Crippen molar-refractivity contribution < 1.29 is 32.2 Å². The van der Waals surface area contributed by atoms with Crippen LogP contribution in [0.5, 0.6) is 0 Å². The van der Waals surface area contributed by atoms with Crippen molar-refractivity contribution in [2.75, 3.05) is 49.6 Å². The van der Waals surface area contributed by atoms with Gasteiger partial charge >= 0.3 is 6.09 Å². The summed E-state index contributed by atoms with van der Waals surface area (Å²) in [5.74, 6) is -2.60. The Balaban J connectivity index is 1.33. The Morgan fingerprint density at radius 2 is 1.78 bits per heavy atom. The third kappa shape index (κ3) is 8.72. The van der Waals surface area contributed by atoms with Crippen LogP contribution in [0.3, 0.4) is 0 Å². The number of piperidine rings is 1. The number of nitrogens with zero attached hydrogens (tertiary/aromatic N) is 4. The van der Waals surface area contributed by atoms with Gasteiger partial charge in [-0.15, -0.1) is 0 Å². The van der Waals surface area contributed by atoms with E-state index in [2.05, 4.69) is 66.3 Å². The monoisotopic (exact) mass is 700 g/mol. The Morgan fingerprint density at radius 3 is 2.43 bits per heavy atom. The van der Waals surface area contributed by atoms with Gasteiger partial charge < -0.3 is 29.8 Å². The first-order chi connectivity index (χ1) is 23.1. The Kier molecular flexibility index (Phi) is 11.2. The van der Waals surface area contributed by atoms with Crippen molar-refractivity contribution in [2.24, 2.45) is 5.92 Å². The number of anilines is 2. The van der Waals surface area contributed by atoms with Crippen molar-refractivity contribution >= 4 is 25.8 Å². The van der Waals surface area contributed by atoms with E-state index in [0.29, 0.717) is 62.9 Å². The lowest BCUT2D eigenvalue weighted by Crippen LogP contribution is -2.62. The van der Waals surface area contributed by atoms with Crippen molar-refractivity contribution in [1.29, 1.82) is 0 Å². The summed E-state index contributed by atoms with van der Waals surface area (Å²) in [7, 11) is -2.20. The van der Waals surface area contributed by atoms with Crippen LogP contribution in [-0.2, 0) is 22.3 Å². The SMILES string of the molecule is C[C@H]1CN(c2ccncc2NCc2ccc(F)c(-c3c(F)cc(CN4CCOCC4)cc3F)n2)C[C@@H](NC(=O)O)[C@@H]1O[Si](C)(C)C(C)(C)C. The van der Waals surface area contributed by atoms with E-state index >= 15 is 13.2 Å². The smallest absolute Gasteiger partial charge is 0.405 e. The van der Waals surface area contributed by atoms with E-state index in [1.807, 2.05) is 11.0 Å². The van der Waals surface area contributed by atoms with E-state index in [-0.39, 0.29) is 23.6 Å². The molecule has 1 aromatic carbocycles. The van der Waals surface area contributed by atoms with Gasteiger partial charge in [0.2, 0.25) is 0 Å². The molecule has 2 aliphatic rings. The standard InChI is InChI=1S/C35H47F3N6O4Si/c1-22-19-44(21-29(42-34(45)46)33(22)48-49(5,6)35(2,3)4)30-9-10-39-18-28(30)40-17-24-7-8-25(36)32(41-24)31-26(37)15-23(16-27(31)38)20-43-11-13-47-14-12-43/h7-10,15-16,18,22,29,33,40,42H,11-14,17,19-21H2,1-6H3,(H,45,46)/t22-,29+,33+/m0/s1. The molecule has 10 nitrogen and oxygen atoms in total. The highest BCUT2D eigenvalue weighted by molar-refractivity contribution is 6.74. The maximum absolute atomic E-state index is 15.3. The number of ether oxygens (including phenoxy) is 1. The molecule has 0 radical (unpaired) electrons. The van der Waals surface area contributed by atoms with Crippen molar-refractivity contribution in [2.45, 2.75) is 71.1 Å². The summed E-state index contributed by atoms with van der Waals surface area (Å²) in [5, 5.41) is 15.7. The van der Waals surface area contributed by atoms with E-state index in [0.717, 1.165) is 11.8 Å². The molecule has 0 bridgehead atoms. The molecule has 2 saturated heterocycles. The number of rotatable bonds is 10. The lowest BCUT2D eigenvalue weighted by molar-refractivity contribution is 0.0341. The minimum absolute atomic E-state index is 0.00730. The van der Waals surface area contributed by atoms with Gasteiger partial charge in [-0.3, -0.25) is 9.88 Å². The van der Waals surface area contributed by atoms with Crippen molar-refractivity contribution in [3.63, 3.8) is 0 Å². The Bertz CT molecular complexity index is 1610. The summed E-state index contributed by atoms with van der Waals surface area (Å²) in [6.45, 7) is 16.7. The number of amides is 1. The first-order valence-electron chi connectivity index (χ1n) is 16.7. The quantitative estimate of drug-likeness (QED) is 0.205. The fourth-order valence-corrected chi connectivity index (χ4v) is 7.59. The largest absolute Gasteiger partial charge is 0.465 e. The number of carboxylic acid groups (broad SMARTS) is 1. The molecule has 3 atom stereocenters. The van der Waals surface area contributed by atoms with Crippen molar-refractivity contribution in [3.8, 4) is 11.3 Å². The highest BCUT2D eigenvalue weighted by atomic mass is 28.4. The van der Waals surface area contributed by atoms with Gasteiger partial charge in [0.1, 0.15) is 23.1 Å². The highest BCUT2D eigenvalue weighted by Gasteiger charge is 2.45. The number of halogens is 3. The summed E-state index contributed by atoms with van der Waals surface area (Å²) < 4.78 is 57.8. The minimum atomic E-state index is -2.20. The van der Waals surface area contributed by atoms with Crippen LogP contribution in [0.2, 0.25) is 18.1 Å². The molecule has 14 heteroatoms. The molecular weight excluding hydrogens is 654 g/mol. The lowest BCUT2D eigenvalue weighted by Gasteiger charge is -2.48. The summed E-state index contributed by atoms with van der Waals surface area (Å²) in [6.07, 6.45) is 1.89. The van der Waals surface area contributed by atoms with Crippen LogP contribution in [-0.4, -0.2) is 85.9 Å². The van der Waals surface area contributed by atoms with Gasteiger partial charge in [0, 0.05) is 44.8 Å². The molecule has 266 valence electrons. The molecule has 2 aromatic heterocycles. The second-order valence-electron chi connectivity index (χ2n) is 14.5. The van der Waals surface area contributed by atoms with E-state index in [1.165, 1.54) is 18.2 Å². The van der Waals surface area contributed by atoms with E-state index in [9.17, 15) is 9.90 Å². The maximum Gasteiger partial charge on any atom is 0.405 e. The van der Waals surface area contributed by atoms with E-state index < -0.39 is 49.2 Å². The Hall–Kier alpha value is -3.72. The van der Waals surface area contributed by atoms with Crippen LogP contribution in [0.25, 0.3) is 11.3 Å². The van der Waals surface area contributed by atoms with Crippen molar-refractivity contribution in [1.82, 2.24) is 20.2 Å². The van der Waals surface area contributed by atoms with Gasteiger partial charge in [0.25, 0.3) is 0 Å². The summed E-state index contributed by atoms with van der Waals surface area (Å²) in [6, 6.07) is 6.44. The molecule has 49 heavy (non-hydrogen) atoms. The fourth-order valence-electron chi connectivity index (χ4n) is 6.16. The van der Waals surface area contributed by atoms with Crippen molar-refractivity contribution in [3.05, 3.63) is 71.4 Å². The van der Waals surface area contributed by atoms with Gasteiger partial charge in [-0.25, -0.2) is 22.9 Å². The molecule has 2 aliphatic heterocycles. The predicted molar refractivity (Wildman–Crippen MR) is 186 cm³/mol. The molecule has 5 rings (SSSR count). The zero-order valence-corrected chi connectivity index (χ0v) is 30.0. The van der Waals surface area contributed by atoms with Crippen LogP contribution in [0.4, 0.5) is 29.3 Å². The molecule has 4 heterocycles. The van der Waals surface area contributed by atoms with E-state index in [4.69, 9.17) is 9.16 Å². The average molecular weight is 701 g/mol. The number of pyridine rings is 2. The van der Waals surface area contributed by atoms with Crippen LogP contribution in [0.1, 0.15) is 39.0 Å². The molecule has 3 N–H and O–H groups in total. The third-order valence-electron chi connectivity index (χ3n) is 9.78. The second kappa shape index (κ2) is 15.0. The second-order valence-corrected chi connectivity index (χ2v) is 19.2. The number of carbonyl (C=O) groups is 1. The number of hydrogen-bond donors (Lipinski definition) is 3. The normalized spacial score (nSPS) is 20.7. The van der Waals surface area contributed by atoms with E-state index in [1.54, 1.807) is 12.4 Å². The number of benzene rings is 1.